The van der Waals surface area contributed by atoms with Crippen LogP contribution in [0.4, 0.5) is 8.78 Å². The lowest BCUT2D eigenvalue weighted by molar-refractivity contribution is -0.116. The molecule has 0 N–H and O–H groups in total. The van der Waals surface area contributed by atoms with Crippen LogP contribution in [0.25, 0.3) is 0 Å². The largest absolute Gasteiger partial charge is 0.462 e. The van der Waals surface area contributed by atoms with E-state index in [1.54, 1.807) is 6.92 Å². The van der Waals surface area contributed by atoms with Crippen molar-refractivity contribution in [2.45, 2.75) is 25.1 Å². The van der Waals surface area contributed by atoms with Crippen LogP contribution in [0.3, 0.4) is 0 Å². The first kappa shape index (κ1) is 15.8. The van der Waals surface area contributed by atoms with Crippen molar-refractivity contribution >= 4 is 27.7 Å². The van der Waals surface area contributed by atoms with Crippen LogP contribution in [0, 0.1) is 0 Å². The first-order chi connectivity index (χ1) is 8.88. The fourth-order valence-corrected chi connectivity index (χ4v) is 1.97. The van der Waals surface area contributed by atoms with Crippen molar-refractivity contribution in [1.29, 1.82) is 0 Å². The highest BCUT2D eigenvalue weighted by Gasteiger charge is 2.23. The second-order valence-electron chi connectivity index (χ2n) is 3.84. The van der Waals surface area contributed by atoms with Gasteiger partial charge in [0.1, 0.15) is 5.78 Å². The molecule has 6 heteroatoms. The lowest BCUT2D eigenvalue weighted by Gasteiger charge is -2.13. The Labute approximate surface area is 118 Å². The summed E-state index contributed by atoms with van der Waals surface area (Å²) < 4.78 is 30.7. The molecule has 0 spiro atoms. The highest BCUT2D eigenvalue weighted by Crippen LogP contribution is 2.33. The zero-order valence-corrected chi connectivity index (χ0v) is 12.0. The fourth-order valence-electron chi connectivity index (χ4n) is 1.55. The summed E-state index contributed by atoms with van der Waals surface area (Å²) >= 11 is 3.06. The maximum atomic E-state index is 13.0. The van der Waals surface area contributed by atoms with Gasteiger partial charge >= 0.3 is 5.97 Å². The standard InChI is InChI=1S/C13H13BrF2O3/c1-3-19-13(18)8-4-5-9(11(14)7(2)17)10(6-8)12(15)16/h4-6,11-12H,3H2,1-2H3. The lowest BCUT2D eigenvalue weighted by Crippen LogP contribution is -2.09. The number of ketones is 1. The molecule has 1 atom stereocenters. The zero-order valence-electron chi connectivity index (χ0n) is 10.5. The van der Waals surface area contributed by atoms with Gasteiger partial charge in [0.05, 0.1) is 17.0 Å². The number of Topliss-reactive ketones (excluding diaryl/α,β-unsaturated/α-hetero) is 1. The van der Waals surface area contributed by atoms with Crippen LogP contribution < -0.4 is 0 Å². The number of ether oxygens (including phenoxy) is 1. The summed E-state index contributed by atoms with van der Waals surface area (Å²) in [4.78, 5) is 21.9. The summed E-state index contributed by atoms with van der Waals surface area (Å²) in [6.07, 6.45) is -2.77. The molecule has 0 bridgehead atoms. The SMILES string of the molecule is CCOC(=O)c1ccc(C(Br)C(C)=O)c(C(F)F)c1. The molecule has 0 radical (unpaired) electrons. The van der Waals surface area contributed by atoms with Crippen molar-refractivity contribution in [3.63, 3.8) is 0 Å². The number of carbonyl (C=O) groups excluding carboxylic acids is 2. The van der Waals surface area contributed by atoms with Crippen LogP contribution in [-0.4, -0.2) is 18.4 Å². The normalized spacial score (nSPS) is 12.3. The molecule has 0 heterocycles. The van der Waals surface area contributed by atoms with Gasteiger partial charge in [0.25, 0.3) is 6.43 Å². The Bertz CT molecular complexity index is 489. The van der Waals surface area contributed by atoms with Crippen molar-refractivity contribution in [1.82, 2.24) is 0 Å². The Balaban J connectivity index is 3.22. The number of carbonyl (C=O) groups is 2. The minimum absolute atomic E-state index is 0.0455. The van der Waals surface area contributed by atoms with E-state index in [4.69, 9.17) is 4.74 Å². The van der Waals surface area contributed by atoms with Crippen molar-refractivity contribution in [3.05, 3.63) is 34.9 Å². The number of esters is 1. The number of halogens is 3. The average Bonchev–Trinajstić information content (AvgIpc) is 2.37. The molecule has 1 aromatic rings. The molecule has 0 fully saturated rings. The molecular weight excluding hydrogens is 322 g/mol. The van der Waals surface area contributed by atoms with E-state index in [1.807, 2.05) is 0 Å². The maximum absolute atomic E-state index is 13.0. The summed E-state index contributed by atoms with van der Waals surface area (Å²) in [6.45, 7) is 3.09. The topological polar surface area (TPSA) is 43.4 Å². The minimum atomic E-state index is -2.77. The van der Waals surface area contributed by atoms with Crippen molar-refractivity contribution in [2.75, 3.05) is 6.61 Å². The van der Waals surface area contributed by atoms with Crippen molar-refractivity contribution in [3.8, 4) is 0 Å². The Hall–Kier alpha value is -1.30. The van der Waals surface area contributed by atoms with E-state index in [1.165, 1.54) is 19.1 Å². The maximum Gasteiger partial charge on any atom is 0.338 e. The summed E-state index contributed by atoms with van der Waals surface area (Å²) in [5, 5.41) is 0. The highest BCUT2D eigenvalue weighted by molar-refractivity contribution is 9.09. The van der Waals surface area contributed by atoms with E-state index in [0.29, 0.717) is 0 Å². The lowest BCUT2D eigenvalue weighted by atomic mass is 10.00. The molecule has 1 aromatic carbocycles. The van der Waals surface area contributed by atoms with Crippen molar-refractivity contribution in [2.24, 2.45) is 0 Å². The molecule has 3 nitrogen and oxygen atoms in total. The first-order valence-corrected chi connectivity index (χ1v) is 6.53. The third-order valence-corrected chi connectivity index (χ3v) is 3.60. The molecule has 0 aliphatic rings. The molecule has 1 rings (SSSR count). The third-order valence-electron chi connectivity index (χ3n) is 2.46. The van der Waals surface area contributed by atoms with E-state index in [0.717, 1.165) is 6.07 Å². The number of alkyl halides is 3. The van der Waals surface area contributed by atoms with Gasteiger partial charge in [0.2, 0.25) is 0 Å². The predicted octanol–water partition coefficient (Wildman–Crippen LogP) is 3.83. The summed E-state index contributed by atoms with van der Waals surface area (Å²) in [5.41, 5.74) is -0.137. The van der Waals surface area contributed by atoms with Crippen LogP contribution in [0.2, 0.25) is 0 Å². The molecular formula is C13H13BrF2O3. The molecule has 0 aliphatic carbocycles. The van der Waals surface area contributed by atoms with Gasteiger partial charge in [-0.05, 0) is 31.5 Å². The molecule has 0 aromatic heterocycles. The van der Waals surface area contributed by atoms with Crippen LogP contribution in [0.1, 0.15) is 46.6 Å². The highest BCUT2D eigenvalue weighted by atomic mass is 79.9. The van der Waals surface area contributed by atoms with E-state index in [9.17, 15) is 18.4 Å². The summed E-state index contributed by atoms with van der Waals surface area (Å²) in [6, 6.07) is 3.78. The van der Waals surface area contributed by atoms with Crippen LogP contribution in [0.5, 0.6) is 0 Å². The van der Waals surface area contributed by atoms with E-state index in [2.05, 4.69) is 15.9 Å². The second-order valence-corrected chi connectivity index (χ2v) is 4.75. The number of benzene rings is 1. The molecule has 1 unspecified atom stereocenters. The molecule has 19 heavy (non-hydrogen) atoms. The number of rotatable bonds is 5. The van der Waals surface area contributed by atoms with Crippen LogP contribution >= 0.6 is 15.9 Å². The zero-order chi connectivity index (χ0) is 14.6. The van der Waals surface area contributed by atoms with E-state index >= 15 is 0 Å². The van der Waals surface area contributed by atoms with Gasteiger partial charge in [-0.3, -0.25) is 4.79 Å². The Morgan fingerprint density at radius 2 is 1.95 bits per heavy atom. The monoisotopic (exact) mass is 334 g/mol. The first-order valence-electron chi connectivity index (χ1n) is 5.62. The van der Waals surface area contributed by atoms with Gasteiger partial charge < -0.3 is 4.74 Å². The molecule has 104 valence electrons. The molecule has 0 saturated carbocycles. The smallest absolute Gasteiger partial charge is 0.338 e. The van der Waals surface area contributed by atoms with Crippen LogP contribution in [-0.2, 0) is 9.53 Å². The number of hydrogen-bond donors (Lipinski definition) is 0. The van der Waals surface area contributed by atoms with Gasteiger partial charge in [-0.25, -0.2) is 13.6 Å². The minimum Gasteiger partial charge on any atom is -0.462 e. The Morgan fingerprint density at radius 1 is 1.32 bits per heavy atom. The van der Waals surface area contributed by atoms with Gasteiger partial charge in [0, 0.05) is 5.56 Å². The van der Waals surface area contributed by atoms with Gasteiger partial charge in [0.15, 0.2) is 0 Å². The predicted molar refractivity (Wildman–Crippen MR) is 69.7 cm³/mol. The third kappa shape index (κ3) is 3.83. The van der Waals surface area contributed by atoms with Crippen molar-refractivity contribution < 1.29 is 23.1 Å². The van der Waals surface area contributed by atoms with Crippen LogP contribution in [0.15, 0.2) is 18.2 Å². The van der Waals surface area contributed by atoms with Gasteiger partial charge in [-0.1, -0.05) is 22.0 Å². The van der Waals surface area contributed by atoms with E-state index < -0.39 is 17.2 Å². The van der Waals surface area contributed by atoms with Gasteiger partial charge in [-0.15, -0.1) is 0 Å². The molecule has 0 aliphatic heterocycles. The number of hydrogen-bond acceptors (Lipinski definition) is 3. The fraction of sp³-hybridized carbons (Fsp3) is 0.385. The van der Waals surface area contributed by atoms with E-state index in [-0.39, 0.29) is 29.1 Å². The Kier molecular flexibility index (Phi) is 5.60. The Morgan fingerprint density at radius 3 is 2.42 bits per heavy atom. The summed E-state index contributed by atoms with van der Waals surface area (Å²) in [5.74, 6) is -0.948. The summed E-state index contributed by atoms with van der Waals surface area (Å²) in [7, 11) is 0. The quantitative estimate of drug-likeness (QED) is 0.607. The van der Waals surface area contributed by atoms with Gasteiger partial charge in [-0.2, -0.15) is 0 Å². The second kappa shape index (κ2) is 6.75. The molecule has 0 amide bonds. The molecule has 0 saturated heterocycles. The average molecular weight is 335 g/mol.